The fourth-order valence-electron chi connectivity index (χ4n) is 2.44. The van der Waals surface area contributed by atoms with Crippen molar-refractivity contribution in [3.63, 3.8) is 0 Å². The zero-order valence-electron chi connectivity index (χ0n) is 10.8. The summed E-state index contributed by atoms with van der Waals surface area (Å²) in [7, 11) is 0. The summed E-state index contributed by atoms with van der Waals surface area (Å²) in [6, 6.07) is 15.1. The maximum Gasteiger partial charge on any atom is 0.0795 e. The number of hydrogen-bond acceptors (Lipinski definition) is 3. The van der Waals surface area contributed by atoms with Crippen LogP contribution in [-0.2, 0) is 0 Å². The van der Waals surface area contributed by atoms with Crippen molar-refractivity contribution in [1.82, 2.24) is 10.3 Å². The molecule has 3 heteroatoms. The Balaban J connectivity index is 2.15. The van der Waals surface area contributed by atoms with Gasteiger partial charge in [0.25, 0.3) is 0 Å². The van der Waals surface area contributed by atoms with Gasteiger partial charge in [0.05, 0.1) is 17.2 Å². The van der Waals surface area contributed by atoms with Crippen molar-refractivity contribution in [2.75, 3.05) is 6.54 Å². The van der Waals surface area contributed by atoms with Crippen molar-refractivity contribution in [2.24, 2.45) is 0 Å². The molecule has 0 radical (unpaired) electrons. The molecule has 0 aliphatic carbocycles. The van der Waals surface area contributed by atoms with E-state index in [4.69, 9.17) is 0 Å². The normalized spacial score (nSPS) is 12.7. The van der Waals surface area contributed by atoms with E-state index >= 15 is 0 Å². The SMILES string of the molecule is CCNC(c1cscn1)c1cccc2ccccc12. The summed E-state index contributed by atoms with van der Waals surface area (Å²) in [5.41, 5.74) is 4.29. The lowest BCUT2D eigenvalue weighted by Gasteiger charge is -2.18. The number of benzene rings is 2. The van der Waals surface area contributed by atoms with Gasteiger partial charge in [-0.2, -0.15) is 0 Å². The lowest BCUT2D eigenvalue weighted by atomic mass is 9.97. The molecule has 2 nitrogen and oxygen atoms in total. The molecule has 0 spiro atoms. The van der Waals surface area contributed by atoms with Gasteiger partial charge >= 0.3 is 0 Å². The number of nitrogens with zero attached hydrogens (tertiary/aromatic N) is 1. The van der Waals surface area contributed by atoms with Crippen molar-refractivity contribution < 1.29 is 0 Å². The largest absolute Gasteiger partial charge is 0.305 e. The third kappa shape index (κ3) is 2.39. The molecule has 1 unspecified atom stereocenters. The summed E-state index contributed by atoms with van der Waals surface area (Å²) in [5, 5.41) is 8.23. The smallest absolute Gasteiger partial charge is 0.0795 e. The average molecular weight is 268 g/mol. The summed E-state index contributed by atoms with van der Waals surface area (Å²) in [4.78, 5) is 4.47. The van der Waals surface area contributed by atoms with Crippen molar-refractivity contribution in [3.8, 4) is 0 Å². The summed E-state index contributed by atoms with van der Waals surface area (Å²) in [6.07, 6.45) is 0. The van der Waals surface area contributed by atoms with E-state index in [1.165, 1.54) is 16.3 Å². The van der Waals surface area contributed by atoms with E-state index in [1.807, 2.05) is 5.51 Å². The fraction of sp³-hybridized carbons (Fsp3) is 0.188. The van der Waals surface area contributed by atoms with Gasteiger partial charge in [-0.25, -0.2) is 4.98 Å². The first-order chi connectivity index (χ1) is 9.40. The van der Waals surface area contributed by atoms with Crippen LogP contribution in [0.4, 0.5) is 0 Å². The van der Waals surface area contributed by atoms with E-state index < -0.39 is 0 Å². The highest BCUT2D eigenvalue weighted by Gasteiger charge is 2.16. The maximum absolute atomic E-state index is 4.47. The van der Waals surface area contributed by atoms with Crippen LogP contribution < -0.4 is 5.32 Å². The van der Waals surface area contributed by atoms with Gasteiger partial charge in [0.1, 0.15) is 0 Å². The van der Waals surface area contributed by atoms with Crippen LogP contribution in [0.1, 0.15) is 24.2 Å². The highest BCUT2D eigenvalue weighted by molar-refractivity contribution is 7.07. The molecule has 0 aliphatic heterocycles. The summed E-state index contributed by atoms with van der Waals surface area (Å²) in [6.45, 7) is 3.05. The molecule has 2 aromatic carbocycles. The van der Waals surface area contributed by atoms with E-state index in [1.54, 1.807) is 11.3 Å². The second-order valence-corrected chi connectivity index (χ2v) is 5.19. The van der Waals surface area contributed by atoms with E-state index in [2.05, 4.69) is 65.1 Å². The van der Waals surface area contributed by atoms with Gasteiger partial charge in [0.15, 0.2) is 0 Å². The van der Waals surface area contributed by atoms with Crippen LogP contribution in [-0.4, -0.2) is 11.5 Å². The van der Waals surface area contributed by atoms with Crippen LogP contribution in [0.5, 0.6) is 0 Å². The molecule has 0 saturated heterocycles. The molecule has 1 atom stereocenters. The van der Waals surface area contributed by atoms with E-state index in [0.29, 0.717) is 0 Å². The molecular weight excluding hydrogens is 252 g/mol. The molecule has 1 aromatic heterocycles. The lowest BCUT2D eigenvalue weighted by Crippen LogP contribution is -2.22. The molecule has 3 aromatic rings. The Morgan fingerprint density at radius 2 is 2.00 bits per heavy atom. The fourth-order valence-corrected chi connectivity index (χ4v) is 3.02. The summed E-state index contributed by atoms with van der Waals surface area (Å²) in [5.74, 6) is 0. The average Bonchev–Trinajstić information content (AvgIpc) is 2.98. The Hall–Kier alpha value is -1.71. The number of nitrogens with one attached hydrogen (secondary N) is 1. The Bertz CT molecular complexity index is 656. The van der Waals surface area contributed by atoms with Gasteiger partial charge in [0.2, 0.25) is 0 Å². The standard InChI is InChI=1S/C16H16N2S/c1-2-17-16(15-10-19-11-18-15)14-9-5-7-12-6-3-4-8-13(12)14/h3-11,16-17H,2H2,1H3. The Morgan fingerprint density at radius 3 is 2.79 bits per heavy atom. The van der Waals surface area contributed by atoms with E-state index in [0.717, 1.165) is 12.2 Å². The van der Waals surface area contributed by atoms with Crippen molar-refractivity contribution in [3.05, 3.63) is 64.6 Å². The molecule has 0 bridgehead atoms. The van der Waals surface area contributed by atoms with Crippen LogP contribution >= 0.6 is 11.3 Å². The molecule has 1 heterocycles. The number of fused-ring (bicyclic) bond motifs is 1. The number of rotatable bonds is 4. The maximum atomic E-state index is 4.47. The molecule has 0 saturated carbocycles. The minimum Gasteiger partial charge on any atom is -0.305 e. The number of thiazole rings is 1. The molecule has 96 valence electrons. The third-order valence-corrected chi connectivity index (χ3v) is 3.89. The highest BCUT2D eigenvalue weighted by Crippen LogP contribution is 2.28. The van der Waals surface area contributed by atoms with Gasteiger partial charge in [-0.1, -0.05) is 49.4 Å². The summed E-state index contributed by atoms with van der Waals surface area (Å²) >= 11 is 1.64. The summed E-state index contributed by atoms with van der Waals surface area (Å²) < 4.78 is 0. The van der Waals surface area contributed by atoms with Gasteiger partial charge < -0.3 is 5.32 Å². The Kier molecular flexibility index (Phi) is 3.58. The lowest BCUT2D eigenvalue weighted by molar-refractivity contribution is 0.622. The van der Waals surface area contributed by atoms with Gasteiger partial charge in [-0.05, 0) is 22.9 Å². The zero-order valence-corrected chi connectivity index (χ0v) is 11.7. The first kappa shape index (κ1) is 12.3. The molecule has 0 fully saturated rings. The molecule has 0 aliphatic rings. The number of aromatic nitrogens is 1. The molecule has 0 amide bonds. The first-order valence-electron chi connectivity index (χ1n) is 6.49. The van der Waals surface area contributed by atoms with Crippen LogP contribution in [0.25, 0.3) is 10.8 Å². The zero-order chi connectivity index (χ0) is 13.1. The van der Waals surface area contributed by atoms with Gasteiger partial charge in [-0.15, -0.1) is 11.3 Å². The van der Waals surface area contributed by atoms with Gasteiger partial charge in [0, 0.05) is 5.38 Å². The highest BCUT2D eigenvalue weighted by atomic mass is 32.1. The van der Waals surface area contributed by atoms with Crippen LogP contribution in [0.15, 0.2) is 53.4 Å². The first-order valence-corrected chi connectivity index (χ1v) is 7.43. The third-order valence-electron chi connectivity index (χ3n) is 3.29. The van der Waals surface area contributed by atoms with Crippen LogP contribution in [0.2, 0.25) is 0 Å². The van der Waals surface area contributed by atoms with Crippen LogP contribution in [0.3, 0.4) is 0 Å². The van der Waals surface area contributed by atoms with Crippen LogP contribution in [0, 0.1) is 0 Å². The van der Waals surface area contributed by atoms with Crippen molar-refractivity contribution in [1.29, 1.82) is 0 Å². The van der Waals surface area contributed by atoms with E-state index in [9.17, 15) is 0 Å². The number of hydrogen-bond donors (Lipinski definition) is 1. The second-order valence-electron chi connectivity index (χ2n) is 4.47. The predicted molar refractivity (Wildman–Crippen MR) is 81.6 cm³/mol. The molecular formula is C16H16N2S. The van der Waals surface area contributed by atoms with Crippen molar-refractivity contribution in [2.45, 2.75) is 13.0 Å². The second kappa shape index (κ2) is 5.51. The minimum atomic E-state index is 0.169. The molecule has 3 rings (SSSR count). The monoisotopic (exact) mass is 268 g/mol. The minimum absolute atomic E-state index is 0.169. The van der Waals surface area contributed by atoms with E-state index in [-0.39, 0.29) is 6.04 Å². The molecule has 19 heavy (non-hydrogen) atoms. The topological polar surface area (TPSA) is 24.9 Å². The molecule has 1 N–H and O–H groups in total. The Labute approximate surface area is 117 Å². The van der Waals surface area contributed by atoms with Crippen molar-refractivity contribution >= 4 is 22.1 Å². The van der Waals surface area contributed by atoms with Gasteiger partial charge in [-0.3, -0.25) is 0 Å². The predicted octanol–water partition coefficient (Wildman–Crippen LogP) is 4.00. The Morgan fingerprint density at radius 1 is 1.16 bits per heavy atom. The quantitative estimate of drug-likeness (QED) is 0.773.